The molecule has 0 N–H and O–H groups in total. The molecule has 4 heteroatoms. The molecule has 2 aliphatic carbocycles. The maximum absolute atomic E-state index is 6.50. The van der Waals surface area contributed by atoms with Gasteiger partial charge in [0.05, 0.1) is 14.2 Å². The normalized spacial score (nSPS) is 15.6. The minimum atomic E-state index is -1.03. The van der Waals surface area contributed by atoms with Crippen molar-refractivity contribution in [2.75, 3.05) is 14.2 Å². The number of fused-ring (bicyclic) bond motifs is 2. The van der Waals surface area contributed by atoms with Gasteiger partial charge in [-0.1, -0.05) is 164 Å². The highest BCUT2D eigenvalue weighted by molar-refractivity contribution is 7.80. The highest BCUT2D eigenvalue weighted by atomic mass is 31.1. The van der Waals surface area contributed by atoms with Gasteiger partial charge in [-0.2, -0.15) is 0 Å². The number of hydrogen-bond acceptors (Lipinski definition) is 2. The quantitative estimate of drug-likeness (QED) is 0.141. The van der Waals surface area contributed by atoms with Crippen LogP contribution in [0.15, 0.2) is 193 Å². The number of ether oxygens (including phenoxy) is 2. The standard InChI is InChI=1S/C46H38O2P2/c1-47-41-31-33-19-15-17-29-39(33)43(45(41)49(35-21-7-3-8-22-35)36-23-9-4-10-24-36)44-40-30-18-16-20-34(40)32-42(48-2)46(44)50(37-25-11-5-12-26-37)38-27-13-6-14-28-38/h3-29,31-32,40H,30H2,1-2H3. The van der Waals surface area contributed by atoms with Crippen molar-refractivity contribution < 1.29 is 9.47 Å². The molecule has 6 aromatic rings. The molecule has 0 radical (unpaired) electrons. The molecule has 0 amide bonds. The highest BCUT2D eigenvalue weighted by Crippen LogP contribution is 2.58. The SMILES string of the molecule is COC1=CC2=CC=CCC2C(c2c(P(c3ccccc3)c3ccccc3)c(OC)cc3ccccc23)=C1P(c1ccccc1)c1ccccc1. The van der Waals surface area contributed by atoms with E-state index in [0.29, 0.717) is 0 Å². The summed E-state index contributed by atoms with van der Waals surface area (Å²) in [6.07, 6.45) is 10.00. The maximum Gasteiger partial charge on any atom is 0.128 e. The average molecular weight is 685 g/mol. The zero-order valence-corrected chi connectivity index (χ0v) is 30.0. The number of benzene rings is 6. The van der Waals surface area contributed by atoms with E-state index in [4.69, 9.17) is 9.47 Å². The van der Waals surface area contributed by atoms with Gasteiger partial charge in [-0.15, -0.1) is 0 Å². The van der Waals surface area contributed by atoms with Gasteiger partial charge in [0.1, 0.15) is 11.5 Å². The summed E-state index contributed by atoms with van der Waals surface area (Å²) in [4.78, 5) is 0. The Morgan fingerprint density at radius 3 is 1.64 bits per heavy atom. The van der Waals surface area contributed by atoms with Gasteiger partial charge in [0.2, 0.25) is 0 Å². The van der Waals surface area contributed by atoms with E-state index in [-0.39, 0.29) is 5.92 Å². The van der Waals surface area contributed by atoms with E-state index in [1.165, 1.54) is 59.3 Å². The van der Waals surface area contributed by atoms with Crippen molar-refractivity contribution in [1.29, 1.82) is 0 Å². The smallest absolute Gasteiger partial charge is 0.128 e. The maximum atomic E-state index is 6.50. The summed E-state index contributed by atoms with van der Waals surface area (Å²) in [5, 5.41) is 10.1. The number of hydrogen-bond donors (Lipinski definition) is 0. The molecule has 2 nitrogen and oxygen atoms in total. The van der Waals surface area contributed by atoms with Crippen LogP contribution >= 0.6 is 15.8 Å². The van der Waals surface area contributed by atoms with Crippen LogP contribution in [-0.2, 0) is 4.74 Å². The van der Waals surface area contributed by atoms with Crippen LogP contribution in [-0.4, -0.2) is 14.2 Å². The van der Waals surface area contributed by atoms with Gasteiger partial charge in [-0.3, -0.25) is 0 Å². The van der Waals surface area contributed by atoms with Crippen molar-refractivity contribution in [2.24, 2.45) is 5.92 Å². The Kier molecular flexibility index (Phi) is 9.32. The zero-order valence-electron chi connectivity index (χ0n) is 28.2. The van der Waals surface area contributed by atoms with Crippen molar-refractivity contribution in [3.8, 4) is 5.75 Å². The molecule has 2 aliphatic rings. The van der Waals surface area contributed by atoms with Crippen molar-refractivity contribution in [3.05, 3.63) is 198 Å². The Morgan fingerprint density at radius 1 is 0.580 bits per heavy atom. The molecule has 1 unspecified atom stereocenters. The predicted octanol–water partition coefficient (Wildman–Crippen LogP) is 9.50. The topological polar surface area (TPSA) is 18.5 Å². The van der Waals surface area contributed by atoms with Crippen LogP contribution in [0, 0.1) is 5.92 Å². The van der Waals surface area contributed by atoms with Crippen molar-refractivity contribution in [1.82, 2.24) is 0 Å². The van der Waals surface area contributed by atoms with E-state index in [1.807, 2.05) is 14.2 Å². The van der Waals surface area contributed by atoms with Crippen LogP contribution in [0.1, 0.15) is 12.0 Å². The first-order valence-corrected chi connectivity index (χ1v) is 19.7. The van der Waals surface area contributed by atoms with E-state index in [0.717, 1.165) is 17.9 Å². The first-order valence-electron chi connectivity index (χ1n) is 17.0. The molecule has 244 valence electrons. The van der Waals surface area contributed by atoms with Gasteiger partial charge < -0.3 is 9.47 Å². The fourth-order valence-electron chi connectivity index (χ4n) is 7.36. The van der Waals surface area contributed by atoms with Gasteiger partial charge >= 0.3 is 0 Å². The molecule has 50 heavy (non-hydrogen) atoms. The molecule has 0 heterocycles. The fourth-order valence-corrected chi connectivity index (χ4v) is 12.6. The van der Waals surface area contributed by atoms with E-state index in [1.54, 1.807) is 0 Å². The Hall–Kier alpha value is -5.00. The second-order valence-corrected chi connectivity index (χ2v) is 16.7. The van der Waals surface area contributed by atoms with Crippen LogP contribution < -0.4 is 31.3 Å². The molecule has 0 aromatic heterocycles. The molecule has 0 aliphatic heterocycles. The van der Waals surface area contributed by atoms with Gasteiger partial charge in [0.15, 0.2) is 0 Å². The van der Waals surface area contributed by atoms with E-state index >= 15 is 0 Å². The van der Waals surface area contributed by atoms with Gasteiger partial charge in [0.25, 0.3) is 0 Å². The third kappa shape index (κ3) is 5.94. The highest BCUT2D eigenvalue weighted by Gasteiger charge is 2.38. The summed E-state index contributed by atoms with van der Waals surface area (Å²) < 4.78 is 13.0. The van der Waals surface area contributed by atoms with Crippen LogP contribution in [0.2, 0.25) is 0 Å². The van der Waals surface area contributed by atoms with Gasteiger partial charge in [0, 0.05) is 16.5 Å². The first kappa shape index (κ1) is 32.2. The van der Waals surface area contributed by atoms with Crippen molar-refractivity contribution in [2.45, 2.75) is 6.42 Å². The second kappa shape index (κ2) is 14.5. The van der Waals surface area contributed by atoms with E-state index in [2.05, 4.69) is 176 Å². The predicted molar refractivity (Wildman–Crippen MR) is 216 cm³/mol. The van der Waals surface area contributed by atoms with E-state index in [9.17, 15) is 0 Å². The van der Waals surface area contributed by atoms with Crippen molar-refractivity contribution in [3.63, 3.8) is 0 Å². The minimum Gasteiger partial charge on any atom is -0.496 e. The molecule has 0 saturated carbocycles. The first-order chi connectivity index (χ1) is 24.8. The monoisotopic (exact) mass is 684 g/mol. The summed E-state index contributed by atoms with van der Waals surface area (Å²) in [6, 6.07) is 55.1. The lowest BCUT2D eigenvalue weighted by molar-refractivity contribution is 0.303. The Labute approximate surface area is 297 Å². The number of allylic oxidation sites excluding steroid dienone is 7. The van der Waals surface area contributed by atoms with Crippen LogP contribution in [0.3, 0.4) is 0 Å². The lowest BCUT2D eigenvalue weighted by atomic mass is 9.77. The lowest BCUT2D eigenvalue weighted by Crippen LogP contribution is -2.28. The molecule has 0 bridgehead atoms. The average Bonchev–Trinajstić information content (AvgIpc) is 3.19. The molecular weight excluding hydrogens is 646 g/mol. The summed E-state index contributed by atoms with van der Waals surface area (Å²) in [5.41, 5.74) is 3.88. The Balaban J connectivity index is 1.57. The van der Waals surface area contributed by atoms with Crippen LogP contribution in [0.25, 0.3) is 16.3 Å². The molecular formula is C46H38O2P2. The zero-order chi connectivity index (χ0) is 33.9. The van der Waals surface area contributed by atoms with Crippen LogP contribution in [0.4, 0.5) is 0 Å². The lowest BCUT2D eigenvalue weighted by Gasteiger charge is -2.37. The van der Waals surface area contributed by atoms with Crippen LogP contribution in [0.5, 0.6) is 5.75 Å². The van der Waals surface area contributed by atoms with Gasteiger partial charge in [-0.25, -0.2) is 0 Å². The molecule has 6 aromatic carbocycles. The molecule has 1 atom stereocenters. The largest absolute Gasteiger partial charge is 0.496 e. The Morgan fingerprint density at radius 2 is 1.10 bits per heavy atom. The minimum absolute atomic E-state index is 0.143. The molecule has 0 spiro atoms. The fraction of sp³-hybridized carbons (Fsp3) is 0.0870. The number of methoxy groups -OCH3 is 2. The summed E-state index contributed by atoms with van der Waals surface area (Å²) in [6.45, 7) is 0. The third-order valence-corrected chi connectivity index (χ3v) is 14.6. The van der Waals surface area contributed by atoms with Crippen molar-refractivity contribution >= 4 is 58.7 Å². The Bertz CT molecular complexity index is 2180. The summed E-state index contributed by atoms with van der Waals surface area (Å²) in [5.74, 6) is 1.99. The van der Waals surface area contributed by atoms with Gasteiger partial charge in [-0.05, 0) is 83.1 Å². The summed E-state index contributed by atoms with van der Waals surface area (Å²) >= 11 is 0. The van der Waals surface area contributed by atoms with E-state index < -0.39 is 15.8 Å². The molecule has 8 rings (SSSR count). The summed E-state index contributed by atoms with van der Waals surface area (Å²) in [7, 11) is 1.61. The molecule has 0 saturated heterocycles. The number of rotatable bonds is 9. The molecule has 0 fully saturated rings. The second-order valence-electron chi connectivity index (χ2n) is 12.4. The third-order valence-electron chi connectivity index (χ3n) is 9.53.